The number of methoxy groups -OCH3 is 2. The zero-order valence-electron chi connectivity index (χ0n) is 25.3. The van der Waals surface area contributed by atoms with Gasteiger partial charge in [0.2, 0.25) is 0 Å². The van der Waals surface area contributed by atoms with Crippen molar-refractivity contribution in [1.82, 2.24) is 18.7 Å². The van der Waals surface area contributed by atoms with Crippen LogP contribution in [-0.4, -0.2) is 43.1 Å². The quantitative estimate of drug-likeness (QED) is 0.141. The van der Waals surface area contributed by atoms with Crippen LogP contribution in [0.15, 0.2) is 75.2 Å². The van der Waals surface area contributed by atoms with Crippen LogP contribution >= 0.6 is 47.2 Å². The van der Waals surface area contributed by atoms with Crippen LogP contribution in [0.5, 0.6) is 23.3 Å². The number of aromatic nitrogens is 4. The molecule has 6 rings (SSSR count). The highest BCUT2D eigenvalue weighted by molar-refractivity contribution is 8.27. The van der Waals surface area contributed by atoms with Crippen molar-refractivity contribution in [2.45, 2.75) is 6.54 Å². The number of carbonyl (C=O) groups is 1. The van der Waals surface area contributed by atoms with Gasteiger partial charge in [-0.15, -0.1) is 0 Å². The molecule has 0 saturated carbocycles. The second kappa shape index (κ2) is 12.9. The van der Waals surface area contributed by atoms with E-state index in [0.717, 1.165) is 4.57 Å². The Kier molecular flexibility index (Phi) is 8.90. The molecule has 3 aromatic carbocycles. The Morgan fingerprint density at radius 2 is 1.66 bits per heavy atom. The lowest BCUT2D eigenvalue weighted by atomic mass is 10.1. The first-order valence-electron chi connectivity index (χ1n) is 13.9. The lowest BCUT2D eigenvalue weighted by Gasteiger charge is -2.17. The van der Waals surface area contributed by atoms with Crippen molar-refractivity contribution in [3.8, 4) is 23.3 Å². The van der Waals surface area contributed by atoms with Gasteiger partial charge in [-0.3, -0.25) is 28.2 Å². The minimum absolute atomic E-state index is 0.0213. The summed E-state index contributed by atoms with van der Waals surface area (Å²) in [4.78, 5) is 45.9. The van der Waals surface area contributed by atoms with Crippen molar-refractivity contribution >= 4 is 80.3 Å². The van der Waals surface area contributed by atoms with E-state index in [-0.39, 0.29) is 35.4 Å². The maximum Gasteiger partial charge on any atom is 0.332 e. The van der Waals surface area contributed by atoms with Crippen LogP contribution in [0.3, 0.4) is 0 Å². The maximum absolute atomic E-state index is 13.4. The van der Waals surface area contributed by atoms with E-state index in [4.69, 9.17) is 49.6 Å². The van der Waals surface area contributed by atoms with Crippen molar-refractivity contribution in [1.29, 1.82) is 0 Å². The Morgan fingerprint density at radius 1 is 0.915 bits per heavy atom. The van der Waals surface area contributed by atoms with Crippen molar-refractivity contribution in [3.63, 3.8) is 0 Å². The van der Waals surface area contributed by atoms with Crippen molar-refractivity contribution in [3.05, 3.63) is 108 Å². The predicted molar refractivity (Wildman–Crippen MR) is 187 cm³/mol. The van der Waals surface area contributed by atoms with Crippen LogP contribution in [0.4, 0.5) is 5.69 Å². The number of thiocarbonyl (C=S) groups is 1. The molecule has 11 nitrogen and oxygen atoms in total. The van der Waals surface area contributed by atoms with E-state index < -0.39 is 11.2 Å². The molecule has 0 bridgehead atoms. The van der Waals surface area contributed by atoms with E-state index in [2.05, 4.69) is 4.98 Å². The zero-order valence-corrected chi connectivity index (χ0v) is 28.5. The molecule has 240 valence electrons. The lowest BCUT2D eigenvalue weighted by molar-refractivity contribution is -0.113. The highest BCUT2D eigenvalue weighted by Crippen LogP contribution is 2.41. The summed E-state index contributed by atoms with van der Waals surface area (Å²) in [5.41, 5.74) is 1.02. The average molecular weight is 711 g/mol. The summed E-state index contributed by atoms with van der Waals surface area (Å²) in [5, 5.41) is 0.834. The molecule has 1 aliphatic rings. The van der Waals surface area contributed by atoms with Gasteiger partial charge in [0, 0.05) is 24.1 Å². The van der Waals surface area contributed by atoms with Crippen LogP contribution < -0.4 is 30.4 Å². The third-order valence-electron chi connectivity index (χ3n) is 7.46. The Hall–Kier alpha value is -4.56. The smallest absolute Gasteiger partial charge is 0.332 e. The number of carbonyl (C=O) groups excluding carboxylic acids is 1. The number of fused-ring (bicyclic) bond motifs is 1. The number of ether oxygens (including phenoxy) is 3. The van der Waals surface area contributed by atoms with E-state index in [1.165, 1.54) is 49.5 Å². The van der Waals surface area contributed by atoms with E-state index in [1.807, 2.05) is 6.07 Å². The minimum atomic E-state index is -0.553. The molecular formula is C32H25Cl2N5O6S2. The standard InChI is InChI=1S/C32H25Cl2N5O6S2/c1-36-27-26(29(41)37(2)31(36)42)38(16-18-10-11-19(33)15-20(18)34)30(35-27)45-23-12-9-17(13-24(23)44-4)14-25-28(40)39(32(46)47-25)21-7-5-6-8-22(21)43-3/h5-15H,16H2,1-4H3. The number of rotatable bonds is 8. The first-order chi connectivity index (χ1) is 22.5. The normalized spacial score (nSPS) is 14.0. The maximum atomic E-state index is 13.4. The Morgan fingerprint density at radius 3 is 2.38 bits per heavy atom. The van der Waals surface area contributed by atoms with Gasteiger partial charge in [-0.2, -0.15) is 4.98 Å². The predicted octanol–water partition coefficient (Wildman–Crippen LogP) is 6.00. The van der Waals surface area contributed by atoms with E-state index >= 15 is 0 Å². The van der Waals surface area contributed by atoms with Gasteiger partial charge in [0.15, 0.2) is 27.0 Å². The number of anilines is 1. The van der Waals surface area contributed by atoms with Gasteiger partial charge >= 0.3 is 11.7 Å². The van der Waals surface area contributed by atoms with Gasteiger partial charge in [0.05, 0.1) is 31.4 Å². The number of aryl methyl sites for hydroxylation is 1. The molecule has 0 atom stereocenters. The molecule has 5 aromatic rings. The van der Waals surface area contributed by atoms with Crippen molar-refractivity contribution in [2.24, 2.45) is 14.1 Å². The fourth-order valence-corrected chi connectivity index (χ4v) is 6.82. The van der Waals surface area contributed by atoms with Crippen LogP contribution in [-0.2, 0) is 25.4 Å². The fraction of sp³-hybridized carbons (Fsp3) is 0.156. The van der Waals surface area contributed by atoms with Gasteiger partial charge < -0.3 is 14.2 Å². The van der Waals surface area contributed by atoms with Gasteiger partial charge in [-0.1, -0.05) is 71.4 Å². The van der Waals surface area contributed by atoms with E-state index in [1.54, 1.807) is 65.2 Å². The monoisotopic (exact) mass is 709 g/mol. The fourth-order valence-electron chi connectivity index (χ4n) is 5.07. The molecule has 0 unspecified atom stereocenters. The first-order valence-corrected chi connectivity index (χ1v) is 15.9. The molecule has 0 radical (unpaired) electrons. The second-order valence-electron chi connectivity index (χ2n) is 10.3. The molecular weight excluding hydrogens is 685 g/mol. The van der Waals surface area contributed by atoms with Gasteiger partial charge in [-0.25, -0.2) is 4.79 Å². The van der Waals surface area contributed by atoms with Crippen molar-refractivity contribution < 1.29 is 19.0 Å². The van der Waals surface area contributed by atoms with E-state index in [0.29, 0.717) is 47.6 Å². The first kappa shape index (κ1) is 32.4. The molecule has 0 N–H and O–H groups in total. The van der Waals surface area contributed by atoms with Gasteiger partial charge in [0.1, 0.15) is 5.75 Å². The second-order valence-corrected chi connectivity index (χ2v) is 12.8. The van der Waals surface area contributed by atoms with Crippen LogP contribution in [0.1, 0.15) is 11.1 Å². The minimum Gasteiger partial charge on any atom is -0.495 e. The highest BCUT2D eigenvalue weighted by atomic mass is 35.5. The number of thioether (sulfide) groups is 1. The summed E-state index contributed by atoms with van der Waals surface area (Å²) >= 11 is 19.3. The number of hydrogen-bond acceptors (Lipinski definition) is 9. The molecule has 1 aliphatic heterocycles. The molecule has 0 aliphatic carbocycles. The third kappa shape index (κ3) is 5.91. The molecule has 1 fully saturated rings. The summed E-state index contributed by atoms with van der Waals surface area (Å²) < 4.78 is 21.5. The van der Waals surface area contributed by atoms with Crippen LogP contribution in [0.2, 0.25) is 10.0 Å². The number of halogens is 2. The topological polar surface area (TPSA) is 110 Å². The number of hydrogen-bond donors (Lipinski definition) is 0. The van der Waals surface area contributed by atoms with Crippen LogP contribution in [0.25, 0.3) is 17.2 Å². The highest BCUT2D eigenvalue weighted by Gasteiger charge is 2.35. The molecule has 2 aromatic heterocycles. The summed E-state index contributed by atoms with van der Waals surface area (Å²) in [5.74, 6) is 0.830. The Labute approximate surface area is 287 Å². The summed E-state index contributed by atoms with van der Waals surface area (Å²) in [7, 11) is 5.92. The number of nitrogens with zero attached hydrogens (tertiary/aromatic N) is 5. The van der Waals surface area contributed by atoms with Crippen LogP contribution in [0, 0.1) is 0 Å². The third-order valence-corrected chi connectivity index (χ3v) is 9.35. The summed E-state index contributed by atoms with van der Waals surface area (Å²) in [6, 6.07) is 17.3. The Balaban J connectivity index is 1.38. The molecule has 1 saturated heterocycles. The van der Waals surface area contributed by atoms with Gasteiger partial charge in [0.25, 0.3) is 11.5 Å². The molecule has 3 heterocycles. The molecule has 1 amide bonds. The Bertz CT molecular complexity index is 2260. The van der Waals surface area contributed by atoms with Crippen molar-refractivity contribution in [2.75, 3.05) is 19.1 Å². The molecule has 0 spiro atoms. The SMILES string of the molecule is COc1cc(C=C2SC(=S)N(c3ccccc3OC)C2=O)ccc1Oc1nc2c(c(=O)n(C)c(=O)n2C)n1Cc1ccc(Cl)cc1Cl. The molecule has 47 heavy (non-hydrogen) atoms. The summed E-state index contributed by atoms with van der Waals surface area (Å²) in [6.45, 7) is 0.0870. The zero-order chi connectivity index (χ0) is 33.6. The number of benzene rings is 3. The largest absolute Gasteiger partial charge is 0.495 e. The number of imidazole rings is 1. The van der Waals surface area contributed by atoms with E-state index in [9.17, 15) is 14.4 Å². The van der Waals surface area contributed by atoms with Gasteiger partial charge in [-0.05, 0) is 53.6 Å². The lowest BCUT2D eigenvalue weighted by Crippen LogP contribution is -2.37. The molecule has 15 heteroatoms. The average Bonchev–Trinajstić information content (AvgIpc) is 3.55. The number of para-hydroxylation sites is 2. The summed E-state index contributed by atoms with van der Waals surface area (Å²) in [6.07, 6.45) is 1.71. The number of amides is 1.